The van der Waals surface area contributed by atoms with Crippen LogP contribution in [0.25, 0.3) is 22.6 Å². The molecule has 20 heavy (non-hydrogen) atoms. The third-order valence-corrected chi connectivity index (χ3v) is 3.22. The highest BCUT2D eigenvalue weighted by Gasteiger charge is 2.19. The van der Waals surface area contributed by atoms with Crippen molar-refractivity contribution in [1.29, 1.82) is 0 Å². The second-order valence-corrected chi connectivity index (χ2v) is 4.44. The van der Waals surface area contributed by atoms with Crippen LogP contribution in [-0.2, 0) is 7.05 Å². The minimum absolute atomic E-state index is 0.599. The summed E-state index contributed by atoms with van der Waals surface area (Å²) < 4.78 is 12.3. The fourth-order valence-corrected chi connectivity index (χ4v) is 2.17. The molecule has 3 aromatic rings. The molecule has 0 aliphatic carbocycles. The molecule has 0 unspecified atom stereocenters. The molecule has 2 N–H and O–H groups in total. The van der Waals surface area contributed by atoms with E-state index in [1.165, 1.54) is 0 Å². The van der Waals surface area contributed by atoms with Crippen molar-refractivity contribution in [2.75, 3.05) is 12.8 Å². The SMILES string of the molecule is COc1ccc(-c2c(-c3ccco3)nn(C)c2N)cc1. The van der Waals surface area contributed by atoms with E-state index in [4.69, 9.17) is 14.9 Å². The summed E-state index contributed by atoms with van der Waals surface area (Å²) in [6.45, 7) is 0. The number of nitrogens with two attached hydrogens (primary N) is 1. The number of anilines is 1. The Bertz CT molecular complexity index is 712. The van der Waals surface area contributed by atoms with E-state index in [2.05, 4.69) is 5.10 Å². The number of hydrogen-bond acceptors (Lipinski definition) is 4. The first-order valence-corrected chi connectivity index (χ1v) is 6.21. The Morgan fingerprint density at radius 3 is 2.55 bits per heavy atom. The summed E-state index contributed by atoms with van der Waals surface area (Å²) in [6, 6.07) is 11.4. The summed E-state index contributed by atoms with van der Waals surface area (Å²) in [4.78, 5) is 0. The molecule has 2 heterocycles. The number of ether oxygens (including phenoxy) is 1. The van der Waals surface area contributed by atoms with Crippen LogP contribution < -0.4 is 10.5 Å². The highest BCUT2D eigenvalue weighted by molar-refractivity contribution is 5.86. The quantitative estimate of drug-likeness (QED) is 0.793. The smallest absolute Gasteiger partial charge is 0.154 e. The Morgan fingerprint density at radius 2 is 1.95 bits per heavy atom. The molecular weight excluding hydrogens is 254 g/mol. The number of rotatable bonds is 3. The lowest BCUT2D eigenvalue weighted by Crippen LogP contribution is -1.98. The zero-order chi connectivity index (χ0) is 14.1. The Labute approximate surface area is 116 Å². The lowest BCUT2D eigenvalue weighted by molar-refractivity contribution is 0.415. The molecule has 0 bridgehead atoms. The van der Waals surface area contributed by atoms with Gasteiger partial charge >= 0.3 is 0 Å². The van der Waals surface area contributed by atoms with Crippen LogP contribution in [-0.4, -0.2) is 16.9 Å². The van der Waals surface area contributed by atoms with Crippen molar-refractivity contribution in [3.8, 4) is 28.3 Å². The lowest BCUT2D eigenvalue weighted by Gasteiger charge is -2.04. The van der Waals surface area contributed by atoms with E-state index in [-0.39, 0.29) is 0 Å². The third-order valence-electron chi connectivity index (χ3n) is 3.22. The van der Waals surface area contributed by atoms with E-state index >= 15 is 0 Å². The van der Waals surface area contributed by atoms with Crippen LogP contribution >= 0.6 is 0 Å². The Morgan fingerprint density at radius 1 is 1.20 bits per heavy atom. The molecule has 3 rings (SSSR count). The van der Waals surface area contributed by atoms with Gasteiger partial charge in [-0.15, -0.1) is 0 Å². The summed E-state index contributed by atoms with van der Waals surface area (Å²) in [6.07, 6.45) is 1.62. The van der Waals surface area contributed by atoms with Crippen LogP contribution in [0.2, 0.25) is 0 Å². The van der Waals surface area contributed by atoms with Gasteiger partial charge in [-0.3, -0.25) is 4.68 Å². The largest absolute Gasteiger partial charge is 0.497 e. The average molecular weight is 269 g/mol. The van der Waals surface area contributed by atoms with Crippen LogP contribution in [0.15, 0.2) is 47.1 Å². The van der Waals surface area contributed by atoms with Crippen molar-refractivity contribution in [1.82, 2.24) is 9.78 Å². The molecular formula is C15H15N3O2. The van der Waals surface area contributed by atoms with Crippen molar-refractivity contribution in [3.63, 3.8) is 0 Å². The second-order valence-electron chi connectivity index (χ2n) is 4.44. The first kappa shape index (κ1) is 12.3. The minimum atomic E-state index is 0.599. The molecule has 0 fully saturated rings. The maximum atomic E-state index is 6.14. The number of benzene rings is 1. The van der Waals surface area contributed by atoms with Crippen LogP contribution in [0.1, 0.15) is 0 Å². The molecule has 5 nitrogen and oxygen atoms in total. The van der Waals surface area contributed by atoms with Crippen LogP contribution in [0.3, 0.4) is 0 Å². The molecule has 0 amide bonds. The van der Waals surface area contributed by atoms with E-state index < -0.39 is 0 Å². The standard InChI is InChI=1S/C15H15N3O2/c1-18-15(16)13(10-5-7-11(19-2)8-6-10)14(17-18)12-4-3-9-20-12/h3-9H,16H2,1-2H3. The van der Waals surface area contributed by atoms with Gasteiger partial charge in [0.15, 0.2) is 5.76 Å². The fourth-order valence-electron chi connectivity index (χ4n) is 2.17. The molecule has 1 aromatic carbocycles. The van der Waals surface area contributed by atoms with Gasteiger partial charge in [0.1, 0.15) is 17.3 Å². The Balaban J connectivity index is 2.16. The number of aromatic nitrogens is 2. The predicted molar refractivity (Wildman–Crippen MR) is 77.3 cm³/mol. The summed E-state index contributed by atoms with van der Waals surface area (Å²) in [5, 5.41) is 4.44. The summed E-state index contributed by atoms with van der Waals surface area (Å²) in [5.74, 6) is 2.10. The normalized spacial score (nSPS) is 10.7. The molecule has 0 spiro atoms. The minimum Gasteiger partial charge on any atom is -0.497 e. The van der Waals surface area contributed by atoms with Crippen molar-refractivity contribution >= 4 is 5.82 Å². The van der Waals surface area contributed by atoms with E-state index in [1.807, 2.05) is 43.4 Å². The maximum Gasteiger partial charge on any atom is 0.154 e. The second kappa shape index (κ2) is 4.77. The number of hydrogen-bond donors (Lipinski definition) is 1. The van der Waals surface area contributed by atoms with Gasteiger partial charge < -0.3 is 14.9 Å². The fraction of sp³-hybridized carbons (Fsp3) is 0.133. The molecule has 2 aromatic heterocycles. The van der Waals surface area contributed by atoms with Crippen LogP contribution in [0.5, 0.6) is 5.75 Å². The van der Waals surface area contributed by atoms with Crippen molar-refractivity contribution in [2.45, 2.75) is 0 Å². The molecule has 0 saturated carbocycles. The van der Waals surface area contributed by atoms with Gasteiger partial charge in [0.25, 0.3) is 0 Å². The summed E-state index contributed by atoms with van der Waals surface area (Å²) in [5.41, 5.74) is 8.72. The predicted octanol–water partition coefficient (Wildman–Crippen LogP) is 2.94. The number of furan rings is 1. The number of methoxy groups -OCH3 is 1. The zero-order valence-corrected chi connectivity index (χ0v) is 11.3. The number of nitrogens with zero attached hydrogens (tertiary/aromatic N) is 2. The van der Waals surface area contributed by atoms with E-state index in [9.17, 15) is 0 Å². The maximum absolute atomic E-state index is 6.14. The average Bonchev–Trinajstić information content (AvgIpc) is 3.09. The van der Waals surface area contributed by atoms with Crippen molar-refractivity contribution in [3.05, 3.63) is 42.7 Å². The monoisotopic (exact) mass is 269 g/mol. The topological polar surface area (TPSA) is 66.2 Å². The summed E-state index contributed by atoms with van der Waals surface area (Å²) in [7, 11) is 3.45. The number of aryl methyl sites for hydroxylation is 1. The van der Waals surface area contributed by atoms with E-state index in [0.29, 0.717) is 11.6 Å². The first-order chi connectivity index (χ1) is 9.70. The van der Waals surface area contributed by atoms with Crippen LogP contribution in [0, 0.1) is 0 Å². The van der Waals surface area contributed by atoms with Crippen molar-refractivity contribution < 1.29 is 9.15 Å². The molecule has 5 heteroatoms. The Hall–Kier alpha value is -2.69. The number of nitrogen functional groups attached to an aromatic ring is 1. The van der Waals surface area contributed by atoms with Gasteiger partial charge in [-0.05, 0) is 29.8 Å². The molecule has 0 radical (unpaired) electrons. The highest BCUT2D eigenvalue weighted by Crippen LogP contribution is 2.36. The van der Waals surface area contributed by atoms with Crippen LogP contribution in [0.4, 0.5) is 5.82 Å². The molecule has 0 atom stereocenters. The van der Waals surface area contributed by atoms with Gasteiger partial charge in [-0.2, -0.15) is 5.10 Å². The van der Waals surface area contributed by atoms with Gasteiger partial charge in [0.2, 0.25) is 0 Å². The van der Waals surface area contributed by atoms with Gasteiger partial charge in [0, 0.05) is 7.05 Å². The summed E-state index contributed by atoms with van der Waals surface area (Å²) >= 11 is 0. The lowest BCUT2D eigenvalue weighted by atomic mass is 10.0. The zero-order valence-electron chi connectivity index (χ0n) is 11.3. The molecule has 0 aliphatic heterocycles. The first-order valence-electron chi connectivity index (χ1n) is 6.21. The molecule has 0 saturated heterocycles. The van der Waals surface area contributed by atoms with Gasteiger partial charge in [-0.1, -0.05) is 12.1 Å². The van der Waals surface area contributed by atoms with E-state index in [0.717, 1.165) is 22.6 Å². The molecule has 102 valence electrons. The third kappa shape index (κ3) is 1.93. The highest BCUT2D eigenvalue weighted by atomic mass is 16.5. The van der Waals surface area contributed by atoms with Gasteiger partial charge in [0.05, 0.1) is 18.9 Å². The van der Waals surface area contributed by atoms with E-state index in [1.54, 1.807) is 18.1 Å². The Kier molecular flexibility index (Phi) is 2.95. The van der Waals surface area contributed by atoms with Gasteiger partial charge in [-0.25, -0.2) is 0 Å². The molecule has 0 aliphatic rings. The van der Waals surface area contributed by atoms with Crippen molar-refractivity contribution in [2.24, 2.45) is 7.05 Å².